The van der Waals surface area contributed by atoms with Crippen molar-refractivity contribution in [2.24, 2.45) is 4.99 Å². The van der Waals surface area contributed by atoms with E-state index in [0.29, 0.717) is 0 Å². The van der Waals surface area contributed by atoms with Crippen molar-refractivity contribution < 1.29 is 0 Å². The normalized spacial score (nSPS) is 17.5. The number of thiazole rings is 1. The number of likely N-dealkylation sites (N-methyl/N-ethyl adjacent to an activating group) is 1. The number of rotatable bonds is 8. The van der Waals surface area contributed by atoms with Crippen LogP contribution in [0.5, 0.6) is 0 Å². The van der Waals surface area contributed by atoms with E-state index >= 15 is 0 Å². The highest BCUT2D eigenvalue weighted by Crippen LogP contribution is 2.13. The molecule has 2 rings (SSSR count). The number of aliphatic imine (C=N–C) groups is 1. The number of aryl methyl sites for hydroxylation is 1. The fourth-order valence-electron chi connectivity index (χ4n) is 2.88. The van der Waals surface area contributed by atoms with Gasteiger partial charge < -0.3 is 20.4 Å². The molecule has 0 aromatic carbocycles. The third-order valence-corrected chi connectivity index (χ3v) is 5.63. The zero-order valence-corrected chi connectivity index (χ0v) is 16.9. The number of hydrogen-bond donors (Lipinski definition) is 2. The summed E-state index contributed by atoms with van der Waals surface area (Å²) in [5, 5.41) is 7.97. The molecule has 1 saturated heterocycles. The van der Waals surface area contributed by atoms with E-state index in [1.165, 1.54) is 29.4 Å². The second-order valence-corrected chi connectivity index (χ2v) is 7.71. The van der Waals surface area contributed by atoms with Gasteiger partial charge in [-0.25, -0.2) is 4.98 Å². The second kappa shape index (κ2) is 11.4. The van der Waals surface area contributed by atoms with Crippen molar-refractivity contribution >= 4 is 17.3 Å². The first-order valence-corrected chi connectivity index (χ1v) is 10.4. The SMILES string of the molecule is CCNC(=NCCN1CCCN(C)CC1)NCCc1ncc(CC)s1. The van der Waals surface area contributed by atoms with Gasteiger partial charge in [0.15, 0.2) is 5.96 Å². The average Bonchev–Trinajstić information content (AvgIpc) is 2.97. The van der Waals surface area contributed by atoms with Gasteiger partial charge >= 0.3 is 0 Å². The Morgan fingerprint density at radius 3 is 2.88 bits per heavy atom. The van der Waals surface area contributed by atoms with Gasteiger partial charge in [-0.1, -0.05) is 6.92 Å². The maximum absolute atomic E-state index is 4.73. The molecule has 142 valence electrons. The Morgan fingerprint density at radius 2 is 2.12 bits per heavy atom. The standard InChI is InChI=1S/C18H34N6S/c1-4-16-15-22-17(25-16)7-8-20-18(19-5-2)21-9-12-24-11-6-10-23(3)13-14-24/h15H,4-14H2,1-3H3,(H2,19,20,21). The molecule has 0 spiro atoms. The van der Waals surface area contributed by atoms with Crippen LogP contribution in [0, 0.1) is 0 Å². The highest BCUT2D eigenvalue weighted by molar-refractivity contribution is 7.11. The third-order valence-electron chi connectivity index (χ3n) is 4.42. The van der Waals surface area contributed by atoms with E-state index in [0.717, 1.165) is 58.1 Å². The number of nitrogens with one attached hydrogen (secondary N) is 2. The molecule has 1 aromatic heterocycles. The largest absolute Gasteiger partial charge is 0.357 e. The summed E-state index contributed by atoms with van der Waals surface area (Å²) >= 11 is 1.81. The minimum absolute atomic E-state index is 0.844. The van der Waals surface area contributed by atoms with Gasteiger partial charge in [0.05, 0.1) is 11.6 Å². The molecule has 25 heavy (non-hydrogen) atoms. The van der Waals surface area contributed by atoms with Crippen molar-refractivity contribution in [2.75, 3.05) is 59.4 Å². The van der Waals surface area contributed by atoms with Crippen molar-refractivity contribution in [3.63, 3.8) is 0 Å². The predicted molar refractivity (Wildman–Crippen MR) is 108 cm³/mol. The van der Waals surface area contributed by atoms with Gasteiger partial charge in [-0.05, 0) is 39.9 Å². The van der Waals surface area contributed by atoms with Crippen molar-refractivity contribution in [3.8, 4) is 0 Å². The lowest BCUT2D eigenvalue weighted by Crippen LogP contribution is -2.39. The van der Waals surface area contributed by atoms with Gasteiger partial charge in [-0.2, -0.15) is 0 Å². The summed E-state index contributed by atoms with van der Waals surface area (Å²) in [5.41, 5.74) is 0. The molecule has 0 aliphatic carbocycles. The van der Waals surface area contributed by atoms with Gasteiger partial charge in [-0.3, -0.25) is 4.99 Å². The molecule has 2 heterocycles. The Balaban J connectivity index is 1.71. The summed E-state index contributed by atoms with van der Waals surface area (Å²) in [7, 11) is 2.21. The summed E-state index contributed by atoms with van der Waals surface area (Å²) in [6.45, 7) is 12.6. The zero-order chi connectivity index (χ0) is 17.9. The molecule has 0 amide bonds. The molecule has 2 N–H and O–H groups in total. The van der Waals surface area contributed by atoms with Gasteiger partial charge in [0, 0.05) is 50.2 Å². The Hall–Kier alpha value is -1.18. The number of hydrogen-bond acceptors (Lipinski definition) is 5. The first kappa shape index (κ1) is 20.1. The summed E-state index contributed by atoms with van der Waals surface area (Å²) in [6.07, 6.45) is 5.28. The Labute approximate surface area is 156 Å². The predicted octanol–water partition coefficient (Wildman–Crippen LogP) is 1.44. The van der Waals surface area contributed by atoms with Crippen LogP contribution in [-0.4, -0.2) is 80.1 Å². The van der Waals surface area contributed by atoms with Gasteiger partial charge in [0.1, 0.15) is 0 Å². The van der Waals surface area contributed by atoms with Gasteiger partial charge in [0.2, 0.25) is 0 Å². The van der Waals surface area contributed by atoms with E-state index in [4.69, 9.17) is 4.99 Å². The fraction of sp³-hybridized carbons (Fsp3) is 0.778. The Kier molecular flexibility index (Phi) is 9.21. The molecule has 0 saturated carbocycles. The van der Waals surface area contributed by atoms with Crippen LogP contribution in [0.4, 0.5) is 0 Å². The molecule has 0 atom stereocenters. The maximum Gasteiger partial charge on any atom is 0.191 e. The van der Waals surface area contributed by atoms with Crippen LogP contribution < -0.4 is 10.6 Å². The summed E-state index contributed by atoms with van der Waals surface area (Å²) in [5.74, 6) is 0.918. The highest BCUT2D eigenvalue weighted by Gasteiger charge is 2.11. The van der Waals surface area contributed by atoms with E-state index in [-0.39, 0.29) is 0 Å². The fourth-order valence-corrected chi connectivity index (χ4v) is 3.75. The Morgan fingerprint density at radius 1 is 1.24 bits per heavy atom. The monoisotopic (exact) mass is 366 g/mol. The molecular weight excluding hydrogens is 332 g/mol. The molecule has 1 fully saturated rings. The topological polar surface area (TPSA) is 55.8 Å². The molecule has 6 nitrogen and oxygen atoms in total. The molecule has 1 aliphatic heterocycles. The molecule has 0 radical (unpaired) electrons. The van der Waals surface area contributed by atoms with Crippen LogP contribution in [0.3, 0.4) is 0 Å². The van der Waals surface area contributed by atoms with Crippen molar-refractivity contribution in [1.29, 1.82) is 0 Å². The highest BCUT2D eigenvalue weighted by atomic mass is 32.1. The van der Waals surface area contributed by atoms with E-state index in [1.54, 1.807) is 0 Å². The summed E-state index contributed by atoms with van der Waals surface area (Å²) in [4.78, 5) is 15.5. The average molecular weight is 367 g/mol. The van der Waals surface area contributed by atoms with Crippen LogP contribution >= 0.6 is 11.3 Å². The molecule has 0 bridgehead atoms. The quantitative estimate of drug-likeness (QED) is 0.539. The number of nitrogens with zero attached hydrogens (tertiary/aromatic N) is 4. The molecule has 0 unspecified atom stereocenters. The van der Waals surface area contributed by atoms with E-state index < -0.39 is 0 Å². The third kappa shape index (κ3) is 7.71. The maximum atomic E-state index is 4.73. The van der Waals surface area contributed by atoms with Crippen LogP contribution in [0.15, 0.2) is 11.2 Å². The number of guanidine groups is 1. The smallest absolute Gasteiger partial charge is 0.191 e. The van der Waals surface area contributed by atoms with Crippen LogP contribution in [0.25, 0.3) is 0 Å². The molecule has 1 aliphatic rings. The van der Waals surface area contributed by atoms with Gasteiger partial charge in [-0.15, -0.1) is 11.3 Å². The minimum atomic E-state index is 0.844. The number of aromatic nitrogens is 1. The molecule has 7 heteroatoms. The van der Waals surface area contributed by atoms with Crippen LogP contribution in [0.1, 0.15) is 30.2 Å². The van der Waals surface area contributed by atoms with Crippen LogP contribution in [0.2, 0.25) is 0 Å². The van der Waals surface area contributed by atoms with Crippen LogP contribution in [-0.2, 0) is 12.8 Å². The minimum Gasteiger partial charge on any atom is -0.357 e. The Bertz CT molecular complexity index is 515. The van der Waals surface area contributed by atoms with E-state index in [2.05, 4.69) is 46.3 Å². The lowest BCUT2D eigenvalue weighted by atomic mass is 10.4. The van der Waals surface area contributed by atoms with E-state index in [9.17, 15) is 0 Å². The molecular formula is C18H34N6S. The van der Waals surface area contributed by atoms with Crippen molar-refractivity contribution in [3.05, 3.63) is 16.1 Å². The van der Waals surface area contributed by atoms with E-state index in [1.807, 2.05) is 17.5 Å². The molecule has 1 aromatic rings. The van der Waals surface area contributed by atoms with Gasteiger partial charge in [0.25, 0.3) is 0 Å². The first-order valence-electron chi connectivity index (χ1n) is 9.58. The van der Waals surface area contributed by atoms with Crippen molar-refractivity contribution in [2.45, 2.75) is 33.1 Å². The van der Waals surface area contributed by atoms with Crippen molar-refractivity contribution in [1.82, 2.24) is 25.4 Å². The lowest BCUT2D eigenvalue weighted by molar-refractivity contribution is 0.283. The zero-order valence-electron chi connectivity index (χ0n) is 16.1. The summed E-state index contributed by atoms with van der Waals surface area (Å²) < 4.78 is 0. The first-order chi connectivity index (χ1) is 12.2. The lowest BCUT2D eigenvalue weighted by Gasteiger charge is -2.19. The summed E-state index contributed by atoms with van der Waals surface area (Å²) in [6, 6.07) is 0. The second-order valence-electron chi connectivity index (χ2n) is 6.51.